The molecule has 130 valence electrons. The van der Waals surface area contributed by atoms with Crippen LogP contribution >= 0.6 is 0 Å². The highest BCUT2D eigenvalue weighted by molar-refractivity contribution is 5.07. The largest absolute Gasteiger partial charge is 0.247 e. The van der Waals surface area contributed by atoms with Gasteiger partial charge in [-0.3, -0.25) is 0 Å². The molecule has 0 aromatic carbocycles. The first-order chi connectivity index (χ1) is 9.42. The molecule has 3 heteroatoms. The van der Waals surface area contributed by atoms with Gasteiger partial charge in [0, 0.05) is 11.6 Å². The monoisotopic (exact) mass is 309 g/mol. The predicted octanol–water partition coefficient (Wildman–Crippen LogP) is 5.80. The first kappa shape index (κ1) is 21.1. The van der Waals surface area contributed by atoms with Crippen molar-refractivity contribution in [3.63, 3.8) is 0 Å². The number of hydrogen-bond acceptors (Lipinski definition) is 2. The van der Waals surface area contributed by atoms with Gasteiger partial charge in [0.05, 0.1) is 11.2 Å². The summed E-state index contributed by atoms with van der Waals surface area (Å²) in [7, 11) is 0. The molecule has 1 aromatic rings. The van der Waals surface area contributed by atoms with Crippen LogP contribution in [0.4, 0.5) is 0 Å². The summed E-state index contributed by atoms with van der Waals surface area (Å²) in [6.45, 7) is 26.5. The Balaban J connectivity index is 0.000000433. The first-order valence-electron chi connectivity index (χ1n) is 8.35. The fourth-order valence-electron chi connectivity index (χ4n) is 2.53. The number of hydrogen-bond donors (Lipinski definition) is 0. The van der Waals surface area contributed by atoms with Crippen LogP contribution in [0.2, 0.25) is 0 Å². The minimum absolute atomic E-state index is 0.0243. The van der Waals surface area contributed by atoms with Gasteiger partial charge in [-0.05, 0) is 38.0 Å². The zero-order valence-corrected chi connectivity index (χ0v) is 17.1. The second kappa shape index (κ2) is 6.72. The Labute approximate surface area is 138 Å². The second-order valence-electron chi connectivity index (χ2n) is 10.8. The lowest BCUT2D eigenvalue weighted by Gasteiger charge is -2.28. The van der Waals surface area contributed by atoms with Crippen molar-refractivity contribution in [2.24, 2.45) is 10.8 Å². The number of nitrogens with zero attached hydrogens (tertiary/aromatic N) is 3. The molecule has 0 amide bonds. The second-order valence-corrected chi connectivity index (χ2v) is 10.8. The molecule has 0 spiro atoms. The standard InChI is InChI=1S/C10H19N3.C9H20/c1-9(2,3)8-7-13(12-11-8)10(4,5)6;1-8(2,3)7-9(4,5)6/h7H,1-6H3;7H2,1-6H3. The van der Waals surface area contributed by atoms with Crippen molar-refractivity contribution in [3.05, 3.63) is 11.9 Å². The van der Waals surface area contributed by atoms with E-state index in [0.29, 0.717) is 10.8 Å². The summed E-state index contributed by atoms with van der Waals surface area (Å²) in [5, 5.41) is 8.29. The Morgan fingerprint density at radius 3 is 1.32 bits per heavy atom. The van der Waals surface area contributed by atoms with E-state index in [1.807, 2.05) is 10.9 Å². The van der Waals surface area contributed by atoms with Gasteiger partial charge in [-0.1, -0.05) is 67.5 Å². The summed E-state index contributed by atoms with van der Waals surface area (Å²) in [6, 6.07) is 0. The van der Waals surface area contributed by atoms with Crippen LogP contribution in [0, 0.1) is 10.8 Å². The molecule has 0 atom stereocenters. The van der Waals surface area contributed by atoms with Gasteiger partial charge in [-0.15, -0.1) is 5.10 Å². The molecular formula is C19H39N3. The van der Waals surface area contributed by atoms with Crippen molar-refractivity contribution in [3.8, 4) is 0 Å². The molecule has 1 rings (SSSR count). The molecule has 0 unspecified atom stereocenters. The van der Waals surface area contributed by atoms with Crippen LogP contribution in [-0.2, 0) is 11.0 Å². The molecule has 1 heterocycles. The topological polar surface area (TPSA) is 30.7 Å². The van der Waals surface area contributed by atoms with Crippen molar-refractivity contribution in [2.75, 3.05) is 0 Å². The maximum Gasteiger partial charge on any atom is 0.0880 e. The van der Waals surface area contributed by atoms with Gasteiger partial charge in [-0.25, -0.2) is 4.68 Å². The highest BCUT2D eigenvalue weighted by Gasteiger charge is 2.21. The van der Waals surface area contributed by atoms with Crippen molar-refractivity contribution in [1.82, 2.24) is 15.0 Å². The van der Waals surface area contributed by atoms with Crippen LogP contribution in [0.1, 0.15) is 95.2 Å². The lowest BCUT2D eigenvalue weighted by Crippen LogP contribution is -2.22. The average Bonchev–Trinajstić information content (AvgIpc) is 2.57. The minimum Gasteiger partial charge on any atom is -0.247 e. The minimum atomic E-state index is 0.0243. The summed E-state index contributed by atoms with van der Waals surface area (Å²) in [4.78, 5) is 0. The third kappa shape index (κ3) is 9.22. The molecule has 0 aliphatic rings. The van der Waals surface area contributed by atoms with Gasteiger partial charge in [-0.2, -0.15) is 0 Å². The summed E-state index contributed by atoms with van der Waals surface area (Å²) in [6.07, 6.45) is 3.32. The van der Waals surface area contributed by atoms with Gasteiger partial charge >= 0.3 is 0 Å². The molecule has 0 bridgehead atoms. The van der Waals surface area contributed by atoms with Crippen LogP contribution in [0.25, 0.3) is 0 Å². The molecule has 22 heavy (non-hydrogen) atoms. The average molecular weight is 310 g/mol. The molecule has 1 aromatic heterocycles. The number of rotatable bonds is 0. The maximum atomic E-state index is 4.17. The highest BCUT2D eigenvalue weighted by atomic mass is 15.4. The number of aromatic nitrogens is 3. The lowest BCUT2D eigenvalue weighted by molar-refractivity contribution is 0.233. The van der Waals surface area contributed by atoms with Crippen molar-refractivity contribution in [1.29, 1.82) is 0 Å². The Bertz CT molecular complexity index is 402. The van der Waals surface area contributed by atoms with Crippen molar-refractivity contribution >= 4 is 0 Å². The van der Waals surface area contributed by atoms with Crippen LogP contribution in [0.15, 0.2) is 6.20 Å². The van der Waals surface area contributed by atoms with Gasteiger partial charge in [0.2, 0.25) is 0 Å². The molecule has 0 aliphatic carbocycles. The maximum absolute atomic E-state index is 4.17. The van der Waals surface area contributed by atoms with Gasteiger partial charge in [0.1, 0.15) is 0 Å². The molecule has 3 nitrogen and oxygen atoms in total. The Kier molecular flexibility index (Phi) is 6.46. The molecule has 0 radical (unpaired) electrons. The Morgan fingerprint density at radius 2 is 1.18 bits per heavy atom. The van der Waals surface area contributed by atoms with E-state index in [9.17, 15) is 0 Å². The van der Waals surface area contributed by atoms with Crippen molar-refractivity contribution < 1.29 is 0 Å². The normalized spacial score (nSPS) is 13.6. The van der Waals surface area contributed by atoms with E-state index in [1.165, 1.54) is 6.42 Å². The molecule has 0 aliphatic heterocycles. The van der Waals surface area contributed by atoms with Crippen LogP contribution in [-0.4, -0.2) is 15.0 Å². The van der Waals surface area contributed by atoms with E-state index in [4.69, 9.17) is 0 Å². The zero-order chi connectivity index (χ0) is 18.0. The van der Waals surface area contributed by atoms with Gasteiger partial charge in [0.15, 0.2) is 0 Å². The SMILES string of the molecule is CC(C)(C)CC(C)(C)C.CC(C)(C)c1cn(C(C)(C)C)nn1. The zero-order valence-electron chi connectivity index (χ0n) is 17.1. The summed E-state index contributed by atoms with van der Waals surface area (Å²) in [5.74, 6) is 0. The Morgan fingerprint density at radius 1 is 0.773 bits per heavy atom. The predicted molar refractivity (Wildman–Crippen MR) is 97.2 cm³/mol. The van der Waals surface area contributed by atoms with E-state index in [0.717, 1.165) is 5.69 Å². The summed E-state index contributed by atoms with van der Waals surface area (Å²) < 4.78 is 1.91. The third-order valence-corrected chi connectivity index (χ3v) is 3.01. The smallest absolute Gasteiger partial charge is 0.0880 e. The quantitative estimate of drug-likeness (QED) is 0.606. The van der Waals surface area contributed by atoms with Crippen LogP contribution < -0.4 is 0 Å². The molecule has 0 saturated heterocycles. The molecule has 0 saturated carbocycles. The fraction of sp³-hybridized carbons (Fsp3) is 0.895. The van der Waals surface area contributed by atoms with E-state index in [1.54, 1.807) is 0 Å². The fourth-order valence-corrected chi connectivity index (χ4v) is 2.53. The molecule has 0 N–H and O–H groups in total. The van der Waals surface area contributed by atoms with Gasteiger partial charge < -0.3 is 0 Å². The Hall–Kier alpha value is -0.860. The lowest BCUT2D eigenvalue weighted by atomic mass is 9.78. The summed E-state index contributed by atoms with van der Waals surface area (Å²) >= 11 is 0. The van der Waals surface area contributed by atoms with Crippen LogP contribution in [0.5, 0.6) is 0 Å². The van der Waals surface area contributed by atoms with E-state index in [2.05, 4.69) is 93.4 Å². The third-order valence-electron chi connectivity index (χ3n) is 3.01. The molecular weight excluding hydrogens is 270 g/mol. The van der Waals surface area contributed by atoms with E-state index < -0.39 is 0 Å². The van der Waals surface area contributed by atoms with Crippen molar-refractivity contribution in [2.45, 2.75) is 100 Å². The summed E-state index contributed by atoms with van der Waals surface area (Å²) in [5.41, 5.74) is 2.12. The first-order valence-corrected chi connectivity index (χ1v) is 8.35. The highest BCUT2D eigenvalue weighted by Crippen LogP contribution is 2.31. The van der Waals surface area contributed by atoms with E-state index >= 15 is 0 Å². The van der Waals surface area contributed by atoms with Crippen LogP contribution in [0.3, 0.4) is 0 Å². The van der Waals surface area contributed by atoms with E-state index in [-0.39, 0.29) is 11.0 Å². The van der Waals surface area contributed by atoms with Gasteiger partial charge in [0.25, 0.3) is 0 Å². The molecule has 0 fully saturated rings.